The van der Waals surface area contributed by atoms with E-state index in [4.69, 9.17) is 10.5 Å². The molecule has 0 radical (unpaired) electrons. The maximum Gasteiger partial charge on any atom is 0.258 e. The van der Waals surface area contributed by atoms with Gasteiger partial charge in [0.25, 0.3) is 5.91 Å². The Kier molecular flexibility index (Phi) is 3.13. The third kappa shape index (κ3) is 2.18. The molecule has 3 nitrogen and oxygen atoms in total. The molecule has 3 heteroatoms. The smallest absolute Gasteiger partial charge is 0.258 e. The van der Waals surface area contributed by atoms with E-state index in [9.17, 15) is 4.79 Å². The lowest BCUT2D eigenvalue weighted by Crippen LogP contribution is -2.32. The van der Waals surface area contributed by atoms with Gasteiger partial charge in [0.1, 0.15) is 5.75 Å². The fraction of sp³-hybridized carbons (Fsp3) is 0.462. The van der Waals surface area contributed by atoms with Crippen molar-refractivity contribution in [1.82, 2.24) is 0 Å². The predicted octanol–water partition coefficient (Wildman–Crippen LogP) is 1.82. The highest BCUT2D eigenvalue weighted by Crippen LogP contribution is 2.26. The third-order valence-electron chi connectivity index (χ3n) is 3.04. The molecule has 0 bridgehead atoms. The number of nitrogens with two attached hydrogens (primary N) is 1. The molecular formula is C13H17NO2. The third-order valence-corrected chi connectivity index (χ3v) is 3.04. The summed E-state index contributed by atoms with van der Waals surface area (Å²) in [4.78, 5) is 11.1. The maximum atomic E-state index is 11.1. The number of ether oxygens (including phenoxy) is 1. The molecule has 0 saturated heterocycles. The SMILES string of the molecule is CCC(Oc1ccc2c(c1)CCC2)C(N)=O. The van der Waals surface area contributed by atoms with Gasteiger partial charge in [0.15, 0.2) is 6.10 Å². The van der Waals surface area contributed by atoms with E-state index in [1.54, 1.807) is 0 Å². The fourth-order valence-corrected chi connectivity index (χ4v) is 2.13. The van der Waals surface area contributed by atoms with Crippen LogP contribution in [0.25, 0.3) is 0 Å². The zero-order chi connectivity index (χ0) is 11.5. The molecule has 2 rings (SSSR count). The minimum Gasteiger partial charge on any atom is -0.481 e. The van der Waals surface area contributed by atoms with Crippen molar-refractivity contribution in [3.63, 3.8) is 0 Å². The summed E-state index contributed by atoms with van der Waals surface area (Å²) in [5, 5.41) is 0. The van der Waals surface area contributed by atoms with E-state index in [-0.39, 0.29) is 0 Å². The highest BCUT2D eigenvalue weighted by molar-refractivity contribution is 5.79. The Morgan fingerprint density at radius 3 is 2.88 bits per heavy atom. The van der Waals surface area contributed by atoms with Crippen LogP contribution < -0.4 is 10.5 Å². The largest absolute Gasteiger partial charge is 0.481 e. The monoisotopic (exact) mass is 219 g/mol. The molecule has 1 atom stereocenters. The van der Waals surface area contributed by atoms with Gasteiger partial charge in [-0.3, -0.25) is 4.79 Å². The standard InChI is InChI=1S/C13H17NO2/c1-2-12(13(14)15)16-11-7-6-9-4-3-5-10(9)8-11/h6-8,12H,2-5H2,1H3,(H2,14,15). The molecule has 0 aliphatic heterocycles. The molecule has 86 valence electrons. The molecule has 1 unspecified atom stereocenters. The normalized spacial score (nSPS) is 15.6. The van der Waals surface area contributed by atoms with E-state index in [0.717, 1.165) is 18.6 Å². The van der Waals surface area contributed by atoms with Crippen LogP contribution in [-0.2, 0) is 17.6 Å². The lowest BCUT2D eigenvalue weighted by atomic mass is 10.1. The number of carbonyl (C=O) groups is 1. The van der Waals surface area contributed by atoms with Crippen molar-refractivity contribution in [1.29, 1.82) is 0 Å². The number of rotatable bonds is 4. The zero-order valence-electron chi connectivity index (χ0n) is 9.53. The van der Waals surface area contributed by atoms with Crippen molar-refractivity contribution in [2.24, 2.45) is 5.73 Å². The minimum absolute atomic E-state index is 0.400. The van der Waals surface area contributed by atoms with Crippen LogP contribution in [0.4, 0.5) is 0 Å². The van der Waals surface area contributed by atoms with Crippen LogP contribution in [0, 0.1) is 0 Å². The average Bonchev–Trinajstić information content (AvgIpc) is 2.72. The van der Waals surface area contributed by atoms with Gasteiger partial charge in [-0.15, -0.1) is 0 Å². The van der Waals surface area contributed by atoms with Crippen molar-refractivity contribution >= 4 is 5.91 Å². The molecule has 0 spiro atoms. The van der Waals surface area contributed by atoms with Gasteiger partial charge in [0.2, 0.25) is 0 Å². The summed E-state index contributed by atoms with van der Waals surface area (Å²) in [5.74, 6) is 0.356. The Balaban J connectivity index is 2.13. The van der Waals surface area contributed by atoms with Crippen molar-refractivity contribution < 1.29 is 9.53 Å². The van der Waals surface area contributed by atoms with Crippen LogP contribution in [0.3, 0.4) is 0 Å². The van der Waals surface area contributed by atoms with Gasteiger partial charge >= 0.3 is 0 Å². The molecule has 0 aromatic heterocycles. The quantitative estimate of drug-likeness (QED) is 0.839. The lowest BCUT2D eigenvalue weighted by Gasteiger charge is -2.14. The van der Waals surface area contributed by atoms with Gasteiger partial charge < -0.3 is 10.5 Å². The van der Waals surface area contributed by atoms with E-state index < -0.39 is 12.0 Å². The zero-order valence-corrected chi connectivity index (χ0v) is 9.53. The maximum absolute atomic E-state index is 11.1. The molecule has 1 amide bonds. The summed E-state index contributed by atoms with van der Waals surface area (Å²) >= 11 is 0. The van der Waals surface area contributed by atoms with Gasteiger partial charge in [0, 0.05) is 0 Å². The lowest BCUT2D eigenvalue weighted by molar-refractivity contribution is -0.124. The average molecular weight is 219 g/mol. The molecule has 0 fully saturated rings. The Morgan fingerprint density at radius 1 is 1.44 bits per heavy atom. The fourth-order valence-electron chi connectivity index (χ4n) is 2.13. The van der Waals surface area contributed by atoms with Crippen LogP contribution in [0.1, 0.15) is 30.9 Å². The Bertz CT molecular complexity index is 401. The Morgan fingerprint density at radius 2 is 2.19 bits per heavy atom. The second kappa shape index (κ2) is 4.56. The van der Waals surface area contributed by atoms with Crippen LogP contribution in [0.15, 0.2) is 18.2 Å². The van der Waals surface area contributed by atoms with Gasteiger partial charge in [-0.2, -0.15) is 0 Å². The molecule has 1 aromatic rings. The molecule has 2 N–H and O–H groups in total. The molecule has 1 aliphatic carbocycles. The molecule has 0 heterocycles. The van der Waals surface area contributed by atoms with Crippen molar-refractivity contribution in [2.45, 2.75) is 38.7 Å². The molecular weight excluding hydrogens is 202 g/mol. The second-order valence-electron chi connectivity index (χ2n) is 4.20. The summed E-state index contributed by atoms with van der Waals surface area (Å²) in [6.45, 7) is 1.89. The van der Waals surface area contributed by atoms with Crippen molar-refractivity contribution in [3.8, 4) is 5.75 Å². The van der Waals surface area contributed by atoms with Crippen LogP contribution in [0.2, 0.25) is 0 Å². The summed E-state index contributed by atoms with van der Waals surface area (Å²) < 4.78 is 5.58. The molecule has 0 saturated carbocycles. The summed E-state index contributed by atoms with van der Waals surface area (Å²) in [6.07, 6.45) is 3.57. The van der Waals surface area contributed by atoms with E-state index in [1.165, 1.54) is 17.5 Å². The molecule has 1 aliphatic rings. The number of fused-ring (bicyclic) bond motifs is 1. The summed E-state index contributed by atoms with van der Waals surface area (Å²) in [6, 6.07) is 6.05. The van der Waals surface area contributed by atoms with Crippen LogP contribution in [0.5, 0.6) is 5.75 Å². The predicted molar refractivity (Wildman–Crippen MR) is 62.4 cm³/mol. The highest BCUT2D eigenvalue weighted by atomic mass is 16.5. The van der Waals surface area contributed by atoms with Crippen molar-refractivity contribution in [3.05, 3.63) is 29.3 Å². The van der Waals surface area contributed by atoms with Gasteiger partial charge in [-0.25, -0.2) is 0 Å². The van der Waals surface area contributed by atoms with Crippen molar-refractivity contribution in [2.75, 3.05) is 0 Å². The highest BCUT2D eigenvalue weighted by Gasteiger charge is 2.16. The number of benzene rings is 1. The number of carbonyl (C=O) groups excluding carboxylic acids is 1. The first kappa shape index (κ1) is 11.0. The number of primary amides is 1. The van der Waals surface area contributed by atoms with E-state index in [2.05, 4.69) is 6.07 Å². The van der Waals surface area contributed by atoms with E-state index in [1.807, 2.05) is 19.1 Å². The van der Waals surface area contributed by atoms with E-state index in [0.29, 0.717) is 6.42 Å². The number of amides is 1. The van der Waals surface area contributed by atoms with Gasteiger partial charge in [0.05, 0.1) is 0 Å². The van der Waals surface area contributed by atoms with Crippen LogP contribution >= 0.6 is 0 Å². The minimum atomic E-state index is -0.514. The summed E-state index contributed by atoms with van der Waals surface area (Å²) in [7, 11) is 0. The molecule has 1 aromatic carbocycles. The van der Waals surface area contributed by atoms with E-state index >= 15 is 0 Å². The second-order valence-corrected chi connectivity index (χ2v) is 4.20. The first-order chi connectivity index (χ1) is 7.70. The Hall–Kier alpha value is -1.51. The van der Waals surface area contributed by atoms with Crippen LogP contribution in [-0.4, -0.2) is 12.0 Å². The number of hydrogen-bond donors (Lipinski definition) is 1. The number of hydrogen-bond acceptors (Lipinski definition) is 2. The molecule has 16 heavy (non-hydrogen) atoms. The first-order valence-electron chi connectivity index (χ1n) is 5.78. The van der Waals surface area contributed by atoms with Gasteiger partial charge in [-0.05, 0) is 48.9 Å². The number of aryl methyl sites for hydroxylation is 2. The Labute approximate surface area is 95.6 Å². The summed E-state index contributed by atoms with van der Waals surface area (Å²) in [5.41, 5.74) is 7.99. The topological polar surface area (TPSA) is 52.3 Å². The first-order valence-corrected chi connectivity index (χ1v) is 5.78. The van der Waals surface area contributed by atoms with Gasteiger partial charge in [-0.1, -0.05) is 13.0 Å².